The van der Waals surface area contributed by atoms with Crippen molar-refractivity contribution in [3.8, 4) is 16.9 Å². The monoisotopic (exact) mass is 489 g/mol. The van der Waals surface area contributed by atoms with Crippen LogP contribution in [0.25, 0.3) is 28.0 Å². The van der Waals surface area contributed by atoms with Gasteiger partial charge in [-0.3, -0.25) is 9.89 Å². The predicted molar refractivity (Wildman–Crippen MR) is 135 cm³/mol. The highest BCUT2D eigenvalue weighted by Gasteiger charge is 2.25. The molecule has 3 aromatic heterocycles. The van der Waals surface area contributed by atoms with Crippen LogP contribution in [0.1, 0.15) is 32.6 Å². The van der Waals surface area contributed by atoms with Gasteiger partial charge in [0.2, 0.25) is 5.91 Å². The van der Waals surface area contributed by atoms with Crippen LogP contribution in [0.15, 0.2) is 42.7 Å². The maximum absolute atomic E-state index is 15.5. The Hall–Kier alpha value is -3.79. The number of ether oxygens (including phenoxy) is 1. The second kappa shape index (κ2) is 9.34. The number of pyridine rings is 1. The normalized spacial score (nSPS) is 19.2. The number of aromatic amines is 1. The van der Waals surface area contributed by atoms with Crippen LogP contribution in [0.2, 0.25) is 0 Å². The number of hydrogen-bond acceptors (Lipinski definition) is 6. The third-order valence-electron chi connectivity index (χ3n) is 7.02. The first kappa shape index (κ1) is 22.7. The van der Waals surface area contributed by atoms with E-state index in [1.54, 1.807) is 28.0 Å². The number of H-pyrrole nitrogens is 1. The fourth-order valence-electron chi connectivity index (χ4n) is 5.11. The maximum atomic E-state index is 15.5. The van der Waals surface area contributed by atoms with Gasteiger partial charge in [0.1, 0.15) is 11.6 Å². The molecule has 2 saturated heterocycles. The number of nitrogens with one attached hydrogen (secondary N) is 1. The summed E-state index contributed by atoms with van der Waals surface area (Å²) in [5.41, 5.74) is 2.50. The first-order valence-corrected chi connectivity index (χ1v) is 12.4. The summed E-state index contributed by atoms with van der Waals surface area (Å²) in [7, 11) is 0. The fraction of sp³-hybridized carbons (Fsp3) is 0.385. The van der Waals surface area contributed by atoms with E-state index in [0.717, 1.165) is 36.0 Å². The number of aromatic nitrogens is 5. The SMILES string of the molecule is C[C@@H]1COCCN1c1cc(-c2ccc(N3CCCCCC3=O)c(F)c2)c2cnn(-c3cc[nH]n3)c2n1. The van der Waals surface area contributed by atoms with Crippen molar-refractivity contribution in [2.24, 2.45) is 0 Å². The van der Waals surface area contributed by atoms with E-state index in [4.69, 9.17) is 9.72 Å². The van der Waals surface area contributed by atoms with Gasteiger partial charge in [-0.25, -0.2) is 9.37 Å². The molecule has 0 saturated carbocycles. The number of amides is 1. The molecule has 5 heterocycles. The minimum atomic E-state index is -0.409. The van der Waals surface area contributed by atoms with Gasteiger partial charge in [-0.2, -0.15) is 14.9 Å². The standard InChI is InChI=1S/C26H28FN7O2/c1-17-16-36-12-11-32(17)24-14-19(20-15-29-34(26(20)30-24)23-8-9-28-31-23)18-6-7-22(21(27)13-18)33-10-4-2-3-5-25(33)35/h6-9,13-15,17H,2-5,10-12,16H2,1H3,(H,28,31)/t17-/m1/s1. The van der Waals surface area contributed by atoms with E-state index >= 15 is 4.39 Å². The number of carbonyl (C=O) groups is 1. The van der Waals surface area contributed by atoms with Gasteiger partial charge in [0.25, 0.3) is 0 Å². The lowest BCUT2D eigenvalue weighted by molar-refractivity contribution is -0.118. The molecule has 1 aromatic carbocycles. The van der Waals surface area contributed by atoms with E-state index in [-0.39, 0.29) is 11.9 Å². The third kappa shape index (κ3) is 4.01. The molecule has 4 aromatic rings. The van der Waals surface area contributed by atoms with Gasteiger partial charge >= 0.3 is 0 Å². The van der Waals surface area contributed by atoms with Crippen molar-refractivity contribution in [3.05, 3.63) is 48.5 Å². The van der Waals surface area contributed by atoms with Crippen molar-refractivity contribution in [3.63, 3.8) is 0 Å². The average Bonchev–Trinajstić information content (AvgIpc) is 3.51. The molecule has 186 valence electrons. The lowest BCUT2D eigenvalue weighted by atomic mass is 10.0. The van der Waals surface area contributed by atoms with Gasteiger partial charge in [0, 0.05) is 37.2 Å². The highest BCUT2D eigenvalue weighted by Crippen LogP contribution is 2.35. The average molecular weight is 490 g/mol. The van der Waals surface area contributed by atoms with Gasteiger partial charge in [0.15, 0.2) is 11.5 Å². The number of rotatable bonds is 4. The van der Waals surface area contributed by atoms with Crippen molar-refractivity contribution in [1.82, 2.24) is 25.0 Å². The van der Waals surface area contributed by atoms with E-state index in [1.165, 1.54) is 6.07 Å². The number of carbonyl (C=O) groups excluding carboxylic acids is 1. The lowest BCUT2D eigenvalue weighted by Gasteiger charge is -2.34. The van der Waals surface area contributed by atoms with Crippen molar-refractivity contribution in [2.75, 3.05) is 36.1 Å². The Morgan fingerprint density at radius 1 is 1.11 bits per heavy atom. The van der Waals surface area contributed by atoms with Crippen LogP contribution in [-0.4, -0.2) is 63.2 Å². The summed E-state index contributed by atoms with van der Waals surface area (Å²) in [6.45, 7) is 4.58. The summed E-state index contributed by atoms with van der Waals surface area (Å²) in [4.78, 5) is 21.3. The molecule has 10 heteroatoms. The molecule has 1 amide bonds. The van der Waals surface area contributed by atoms with E-state index in [2.05, 4.69) is 27.1 Å². The van der Waals surface area contributed by atoms with Crippen molar-refractivity contribution in [1.29, 1.82) is 0 Å². The van der Waals surface area contributed by atoms with Gasteiger partial charge in [-0.1, -0.05) is 12.5 Å². The summed E-state index contributed by atoms with van der Waals surface area (Å²) in [5.74, 6) is 0.970. The van der Waals surface area contributed by atoms with Gasteiger partial charge in [-0.05, 0) is 49.1 Å². The molecule has 6 rings (SSSR count). The van der Waals surface area contributed by atoms with Crippen LogP contribution in [0.5, 0.6) is 0 Å². The molecule has 2 aliphatic rings. The molecule has 0 aliphatic carbocycles. The van der Waals surface area contributed by atoms with Crippen LogP contribution in [0.4, 0.5) is 15.9 Å². The maximum Gasteiger partial charge on any atom is 0.227 e. The second-order valence-electron chi connectivity index (χ2n) is 9.39. The summed E-state index contributed by atoms with van der Waals surface area (Å²) in [6, 6.07) is 9.07. The minimum Gasteiger partial charge on any atom is -0.377 e. The second-order valence-corrected chi connectivity index (χ2v) is 9.39. The first-order chi connectivity index (χ1) is 17.6. The third-order valence-corrected chi connectivity index (χ3v) is 7.02. The molecule has 0 spiro atoms. The van der Waals surface area contributed by atoms with Crippen LogP contribution in [0, 0.1) is 5.82 Å². The number of fused-ring (bicyclic) bond motifs is 1. The quantitative estimate of drug-likeness (QED) is 0.464. The molecule has 9 nitrogen and oxygen atoms in total. The summed E-state index contributed by atoms with van der Waals surface area (Å²) < 4.78 is 22.8. The summed E-state index contributed by atoms with van der Waals surface area (Å²) >= 11 is 0. The molecule has 36 heavy (non-hydrogen) atoms. The zero-order chi connectivity index (χ0) is 24.6. The lowest BCUT2D eigenvalue weighted by Crippen LogP contribution is -2.44. The van der Waals surface area contributed by atoms with E-state index < -0.39 is 5.82 Å². The molecule has 2 aliphatic heterocycles. The summed E-state index contributed by atoms with van der Waals surface area (Å²) in [5, 5.41) is 12.4. The molecule has 1 N–H and O–H groups in total. The minimum absolute atomic E-state index is 0.0191. The first-order valence-electron chi connectivity index (χ1n) is 12.4. The zero-order valence-corrected chi connectivity index (χ0v) is 20.2. The van der Waals surface area contributed by atoms with E-state index in [1.807, 2.05) is 18.2 Å². The largest absolute Gasteiger partial charge is 0.377 e. The van der Waals surface area contributed by atoms with Crippen molar-refractivity contribution in [2.45, 2.75) is 38.6 Å². The zero-order valence-electron chi connectivity index (χ0n) is 20.2. The van der Waals surface area contributed by atoms with Crippen molar-refractivity contribution >= 4 is 28.4 Å². The smallest absolute Gasteiger partial charge is 0.227 e. The fourth-order valence-corrected chi connectivity index (χ4v) is 5.11. The van der Waals surface area contributed by atoms with E-state index in [9.17, 15) is 4.79 Å². The molecule has 2 fully saturated rings. The number of halogens is 1. The highest BCUT2D eigenvalue weighted by atomic mass is 19.1. The molecule has 0 bridgehead atoms. The number of hydrogen-bond donors (Lipinski definition) is 1. The highest BCUT2D eigenvalue weighted by molar-refractivity contribution is 5.97. The Kier molecular flexibility index (Phi) is 5.88. The van der Waals surface area contributed by atoms with E-state index in [0.29, 0.717) is 55.4 Å². The van der Waals surface area contributed by atoms with Crippen LogP contribution < -0.4 is 9.80 Å². The van der Waals surface area contributed by atoms with Crippen LogP contribution in [0.3, 0.4) is 0 Å². The number of anilines is 2. The number of morpholine rings is 1. The van der Waals surface area contributed by atoms with Gasteiger partial charge < -0.3 is 14.5 Å². The van der Waals surface area contributed by atoms with Crippen LogP contribution >= 0.6 is 0 Å². The number of nitrogens with zero attached hydrogens (tertiary/aromatic N) is 6. The topological polar surface area (TPSA) is 92.2 Å². The Balaban J connectivity index is 1.48. The Morgan fingerprint density at radius 2 is 2.03 bits per heavy atom. The molecule has 0 radical (unpaired) electrons. The Labute approximate surface area is 207 Å². The molecule has 0 unspecified atom stereocenters. The Bertz CT molecular complexity index is 1400. The van der Waals surface area contributed by atoms with Crippen molar-refractivity contribution < 1.29 is 13.9 Å². The summed E-state index contributed by atoms with van der Waals surface area (Å²) in [6.07, 6.45) is 6.65. The predicted octanol–water partition coefficient (Wildman–Crippen LogP) is 4.08. The molecular weight excluding hydrogens is 461 g/mol. The molecule has 1 atom stereocenters. The van der Waals surface area contributed by atoms with Crippen LogP contribution in [-0.2, 0) is 9.53 Å². The van der Waals surface area contributed by atoms with Gasteiger partial charge in [-0.15, -0.1) is 0 Å². The Morgan fingerprint density at radius 3 is 2.83 bits per heavy atom. The number of benzene rings is 1. The molecular formula is C26H28FN7O2. The van der Waals surface area contributed by atoms with Gasteiger partial charge in [0.05, 0.1) is 31.1 Å².